The second-order valence-corrected chi connectivity index (χ2v) is 9.12. The van der Waals surface area contributed by atoms with Crippen LogP contribution in [0.25, 0.3) is 22.5 Å². The van der Waals surface area contributed by atoms with Crippen LogP contribution in [0.1, 0.15) is 42.7 Å². The van der Waals surface area contributed by atoms with Crippen molar-refractivity contribution in [3.8, 4) is 33.9 Å². The van der Waals surface area contributed by atoms with E-state index in [0.717, 1.165) is 30.3 Å². The molecule has 0 aliphatic carbocycles. The molecule has 184 valence electrons. The minimum absolute atomic E-state index is 0.0417. The Balaban J connectivity index is 1.71. The van der Waals surface area contributed by atoms with Crippen LogP contribution in [0.4, 0.5) is 0 Å². The summed E-state index contributed by atoms with van der Waals surface area (Å²) in [5.74, 6) is -0.362. The van der Waals surface area contributed by atoms with Crippen LogP contribution in [-0.4, -0.2) is 63.0 Å². The fourth-order valence-corrected chi connectivity index (χ4v) is 4.48. The van der Waals surface area contributed by atoms with Gasteiger partial charge in [0.05, 0.1) is 16.1 Å². The average molecular weight is 498 g/mol. The number of phenolic OH excluding ortho intramolecular Hbond substituents is 2. The van der Waals surface area contributed by atoms with Crippen molar-refractivity contribution in [3.05, 3.63) is 52.7 Å². The smallest absolute Gasteiger partial charge is 0.219 e. The molecule has 0 atom stereocenters. The van der Waals surface area contributed by atoms with Gasteiger partial charge < -0.3 is 19.6 Å². The maximum absolute atomic E-state index is 12.9. The highest BCUT2D eigenvalue weighted by atomic mass is 35.5. The van der Waals surface area contributed by atoms with Gasteiger partial charge in [-0.2, -0.15) is 0 Å². The summed E-state index contributed by atoms with van der Waals surface area (Å²) in [4.78, 5) is 28.6. The summed E-state index contributed by atoms with van der Waals surface area (Å²) in [6.07, 6.45) is 0.963. The Hall–Kier alpha value is -3.36. The first-order valence-corrected chi connectivity index (χ1v) is 12.0. The van der Waals surface area contributed by atoms with E-state index in [2.05, 4.69) is 10.1 Å². The Morgan fingerprint density at radius 2 is 1.83 bits per heavy atom. The van der Waals surface area contributed by atoms with Gasteiger partial charge in [0.2, 0.25) is 5.91 Å². The number of nitrogens with zero attached hydrogens (tertiary/aromatic N) is 3. The number of piperazine rings is 1. The number of ketones is 1. The van der Waals surface area contributed by atoms with Gasteiger partial charge >= 0.3 is 0 Å². The van der Waals surface area contributed by atoms with Crippen LogP contribution >= 0.6 is 11.6 Å². The second-order valence-electron chi connectivity index (χ2n) is 8.71. The van der Waals surface area contributed by atoms with Crippen LogP contribution in [-0.2, 0) is 11.3 Å². The Kier molecular flexibility index (Phi) is 7.42. The number of benzene rings is 2. The van der Waals surface area contributed by atoms with Crippen molar-refractivity contribution < 1.29 is 24.3 Å². The third-order valence-corrected chi connectivity index (χ3v) is 6.49. The molecule has 1 amide bonds. The summed E-state index contributed by atoms with van der Waals surface area (Å²) >= 11 is 6.10. The van der Waals surface area contributed by atoms with E-state index in [1.807, 2.05) is 36.1 Å². The van der Waals surface area contributed by atoms with Crippen molar-refractivity contribution >= 4 is 23.3 Å². The van der Waals surface area contributed by atoms with Crippen molar-refractivity contribution in [3.63, 3.8) is 0 Å². The monoisotopic (exact) mass is 497 g/mol. The molecule has 2 aromatic carbocycles. The molecule has 1 saturated heterocycles. The number of amides is 1. The van der Waals surface area contributed by atoms with Gasteiger partial charge in [-0.3, -0.25) is 14.5 Å². The van der Waals surface area contributed by atoms with E-state index in [1.54, 1.807) is 6.92 Å². The number of carbonyl (C=O) groups is 2. The number of rotatable bonds is 7. The second kappa shape index (κ2) is 10.5. The number of carbonyl (C=O) groups excluding carboxylic acids is 2. The Morgan fingerprint density at radius 1 is 1.09 bits per heavy atom. The molecule has 0 radical (unpaired) electrons. The zero-order chi connectivity index (χ0) is 25.1. The lowest BCUT2D eigenvalue weighted by Crippen LogP contribution is -2.47. The fraction of sp³-hybridized carbons (Fsp3) is 0.346. The molecule has 3 aromatic rings. The predicted molar refractivity (Wildman–Crippen MR) is 132 cm³/mol. The van der Waals surface area contributed by atoms with E-state index in [1.165, 1.54) is 6.07 Å². The predicted octanol–water partition coefficient (Wildman–Crippen LogP) is 4.72. The van der Waals surface area contributed by atoms with E-state index in [-0.39, 0.29) is 45.2 Å². The lowest BCUT2D eigenvalue weighted by atomic mass is 9.95. The first-order valence-electron chi connectivity index (χ1n) is 11.6. The van der Waals surface area contributed by atoms with Crippen molar-refractivity contribution in [2.45, 2.75) is 33.2 Å². The molecule has 1 aromatic heterocycles. The number of halogens is 1. The summed E-state index contributed by atoms with van der Waals surface area (Å²) in [6.45, 7) is 7.14. The van der Waals surface area contributed by atoms with Gasteiger partial charge in [0.15, 0.2) is 17.2 Å². The Morgan fingerprint density at radius 3 is 2.51 bits per heavy atom. The molecule has 1 aliphatic heterocycles. The van der Waals surface area contributed by atoms with Crippen molar-refractivity contribution in [1.29, 1.82) is 0 Å². The first-order chi connectivity index (χ1) is 16.8. The van der Waals surface area contributed by atoms with Crippen molar-refractivity contribution in [2.75, 3.05) is 26.2 Å². The molecule has 0 saturated carbocycles. The molecule has 8 nitrogen and oxygen atoms in total. The van der Waals surface area contributed by atoms with E-state index >= 15 is 0 Å². The summed E-state index contributed by atoms with van der Waals surface area (Å²) < 4.78 is 5.58. The highest BCUT2D eigenvalue weighted by Crippen LogP contribution is 2.43. The van der Waals surface area contributed by atoms with E-state index < -0.39 is 0 Å². The van der Waals surface area contributed by atoms with Gasteiger partial charge in [0.25, 0.3) is 0 Å². The molecule has 35 heavy (non-hydrogen) atoms. The number of Topliss-reactive ketones (excluding diaryl/α,β-unsaturated/α-hetero) is 1. The fourth-order valence-electron chi connectivity index (χ4n) is 4.31. The van der Waals surface area contributed by atoms with Crippen LogP contribution < -0.4 is 0 Å². The van der Waals surface area contributed by atoms with Crippen LogP contribution in [0.3, 0.4) is 0 Å². The van der Waals surface area contributed by atoms with E-state index in [4.69, 9.17) is 16.1 Å². The van der Waals surface area contributed by atoms with E-state index in [9.17, 15) is 19.8 Å². The zero-order valence-corrected chi connectivity index (χ0v) is 20.5. The number of hydrogen-bond acceptors (Lipinski definition) is 7. The maximum atomic E-state index is 12.9. The van der Waals surface area contributed by atoms with Crippen LogP contribution in [0.2, 0.25) is 5.02 Å². The normalized spacial score (nSPS) is 14.3. The minimum atomic E-state index is -0.261. The SMILES string of the molecule is CCCC(=O)c1noc(-c2cc(Cl)c(O)cc2O)c1-c1cccc(CN2CCN(C(C)=O)CC2)c1. The van der Waals surface area contributed by atoms with Gasteiger partial charge in [0.1, 0.15) is 11.5 Å². The average Bonchev–Trinajstić information content (AvgIpc) is 3.27. The molecule has 0 spiro atoms. The highest BCUT2D eigenvalue weighted by molar-refractivity contribution is 6.32. The molecule has 0 bridgehead atoms. The van der Waals surface area contributed by atoms with E-state index in [0.29, 0.717) is 38.0 Å². The molecular weight excluding hydrogens is 470 g/mol. The maximum Gasteiger partial charge on any atom is 0.219 e. The first kappa shape index (κ1) is 24.8. The minimum Gasteiger partial charge on any atom is -0.507 e. The van der Waals surface area contributed by atoms with Crippen LogP contribution in [0.5, 0.6) is 11.5 Å². The van der Waals surface area contributed by atoms with Gasteiger partial charge in [0, 0.05) is 52.1 Å². The number of phenols is 2. The quantitative estimate of drug-likeness (QED) is 0.455. The topological polar surface area (TPSA) is 107 Å². The molecule has 1 fully saturated rings. The lowest BCUT2D eigenvalue weighted by Gasteiger charge is -2.34. The van der Waals surface area contributed by atoms with Crippen LogP contribution in [0.15, 0.2) is 40.9 Å². The standard InChI is InChI=1S/C26H28ClN3O5/c1-3-5-21(32)25-24(26(35-28-25)19-13-20(27)23(34)14-22(19)33)18-7-4-6-17(12-18)15-29-8-10-30(11-9-29)16(2)31/h4,6-7,12-14,33-34H,3,5,8-11,15H2,1-2H3. The van der Waals surface area contributed by atoms with Crippen molar-refractivity contribution in [2.24, 2.45) is 0 Å². The molecule has 4 rings (SSSR count). The molecule has 2 heterocycles. The molecule has 0 unspecified atom stereocenters. The van der Waals surface area contributed by atoms with Gasteiger partial charge in [-0.1, -0.05) is 41.9 Å². The molecular formula is C26H28ClN3O5. The van der Waals surface area contributed by atoms with Gasteiger partial charge in [-0.15, -0.1) is 0 Å². The molecule has 1 aliphatic rings. The Labute approximate surface area is 208 Å². The Bertz CT molecular complexity index is 1250. The summed E-state index contributed by atoms with van der Waals surface area (Å²) in [5.41, 5.74) is 2.66. The van der Waals surface area contributed by atoms with Crippen molar-refractivity contribution in [1.82, 2.24) is 15.0 Å². The van der Waals surface area contributed by atoms with Crippen LogP contribution in [0, 0.1) is 0 Å². The number of aromatic nitrogens is 1. The van der Waals surface area contributed by atoms with Gasteiger partial charge in [-0.25, -0.2) is 0 Å². The summed E-state index contributed by atoms with van der Waals surface area (Å²) in [6, 6.07) is 10.3. The zero-order valence-electron chi connectivity index (χ0n) is 19.8. The summed E-state index contributed by atoms with van der Waals surface area (Å²) in [5, 5.41) is 24.4. The summed E-state index contributed by atoms with van der Waals surface area (Å²) in [7, 11) is 0. The molecule has 9 heteroatoms. The highest BCUT2D eigenvalue weighted by Gasteiger charge is 2.27. The largest absolute Gasteiger partial charge is 0.507 e. The number of hydrogen-bond donors (Lipinski definition) is 2. The molecule has 2 N–H and O–H groups in total. The number of aromatic hydroxyl groups is 2. The van der Waals surface area contributed by atoms with Gasteiger partial charge in [-0.05, 0) is 29.7 Å². The third kappa shape index (κ3) is 5.33. The lowest BCUT2D eigenvalue weighted by molar-refractivity contribution is -0.130. The third-order valence-electron chi connectivity index (χ3n) is 6.18.